The minimum atomic E-state index is -0.289. The highest BCUT2D eigenvalue weighted by molar-refractivity contribution is 6.03. The fourth-order valence-electron chi connectivity index (χ4n) is 3.15. The summed E-state index contributed by atoms with van der Waals surface area (Å²) in [7, 11) is 0. The lowest BCUT2D eigenvalue weighted by molar-refractivity contribution is 0.0989. The lowest BCUT2D eigenvalue weighted by Gasteiger charge is -2.12. The topological polar surface area (TPSA) is 84.5 Å². The zero-order valence-corrected chi connectivity index (χ0v) is 16.6. The summed E-state index contributed by atoms with van der Waals surface area (Å²) in [6.07, 6.45) is 2.93. The molecule has 4 rings (SSSR count). The summed E-state index contributed by atoms with van der Waals surface area (Å²) in [5.74, 6) is -0.0470. The zero-order valence-electron chi connectivity index (χ0n) is 16.6. The summed E-state index contributed by atoms with van der Waals surface area (Å²) in [4.78, 5) is 24.4. The van der Waals surface area contributed by atoms with Gasteiger partial charge in [-0.15, -0.1) is 0 Å². The van der Waals surface area contributed by atoms with Crippen LogP contribution < -0.4 is 10.6 Å². The van der Waals surface area contributed by atoms with Crippen LogP contribution in [-0.2, 0) is 0 Å². The molecule has 0 fully saturated rings. The molecule has 2 aromatic carbocycles. The maximum absolute atomic E-state index is 12.2. The van der Waals surface area contributed by atoms with Gasteiger partial charge in [0.25, 0.3) is 11.8 Å². The van der Waals surface area contributed by atoms with E-state index in [1.807, 2.05) is 50.2 Å². The van der Waals surface area contributed by atoms with Crippen LogP contribution in [0.3, 0.4) is 0 Å². The molecule has 6 nitrogen and oxygen atoms in total. The molecule has 4 aromatic rings. The van der Waals surface area contributed by atoms with Crippen molar-refractivity contribution in [1.82, 2.24) is 0 Å². The number of furan rings is 2. The second kappa shape index (κ2) is 8.13. The summed E-state index contributed by atoms with van der Waals surface area (Å²) >= 11 is 0. The number of amides is 2. The number of benzene rings is 2. The molecular formula is C24H20N2O4. The molecule has 2 aromatic heterocycles. The Hall–Kier alpha value is -4.06. The van der Waals surface area contributed by atoms with Crippen LogP contribution in [0.1, 0.15) is 32.2 Å². The third-order valence-corrected chi connectivity index (χ3v) is 4.77. The highest BCUT2D eigenvalue weighted by Gasteiger charge is 2.13. The van der Waals surface area contributed by atoms with Crippen molar-refractivity contribution in [1.29, 1.82) is 0 Å². The van der Waals surface area contributed by atoms with E-state index >= 15 is 0 Å². The summed E-state index contributed by atoms with van der Waals surface area (Å²) in [5.41, 5.74) is 5.32. The molecule has 0 radical (unpaired) electrons. The van der Waals surface area contributed by atoms with E-state index in [0.717, 1.165) is 33.6 Å². The maximum Gasteiger partial charge on any atom is 0.291 e. The Balaban J connectivity index is 1.51. The molecule has 0 aliphatic carbocycles. The summed E-state index contributed by atoms with van der Waals surface area (Å²) < 4.78 is 10.3. The van der Waals surface area contributed by atoms with Gasteiger partial charge in [-0.3, -0.25) is 9.59 Å². The molecular weight excluding hydrogens is 380 g/mol. The first kappa shape index (κ1) is 19.3. The predicted molar refractivity (Wildman–Crippen MR) is 115 cm³/mol. The van der Waals surface area contributed by atoms with Gasteiger partial charge in [-0.05, 0) is 84.6 Å². The van der Waals surface area contributed by atoms with Crippen LogP contribution in [0.2, 0.25) is 0 Å². The molecule has 0 bridgehead atoms. The summed E-state index contributed by atoms with van der Waals surface area (Å²) in [6.45, 7) is 3.87. The van der Waals surface area contributed by atoms with Crippen molar-refractivity contribution < 1.29 is 18.4 Å². The van der Waals surface area contributed by atoms with Crippen molar-refractivity contribution in [3.63, 3.8) is 0 Å². The van der Waals surface area contributed by atoms with Gasteiger partial charge in [-0.2, -0.15) is 0 Å². The molecule has 0 aliphatic rings. The minimum absolute atomic E-state index is 0.265. The normalized spacial score (nSPS) is 10.6. The standard InChI is InChI=1S/C24H20N2O4/c1-15-13-17(7-9-19(15)25-23(27)21-5-3-11-29-21)18-8-10-20(16(2)14-18)26-24(28)22-6-4-12-30-22/h3-14H,1-2H3,(H,25,27)(H,26,28). The molecule has 0 spiro atoms. The van der Waals surface area contributed by atoms with Crippen LogP contribution in [0, 0.1) is 13.8 Å². The first-order valence-electron chi connectivity index (χ1n) is 9.42. The van der Waals surface area contributed by atoms with Gasteiger partial charge >= 0.3 is 0 Å². The molecule has 2 amide bonds. The van der Waals surface area contributed by atoms with Gasteiger partial charge in [0.05, 0.1) is 12.5 Å². The van der Waals surface area contributed by atoms with Crippen LogP contribution in [0.5, 0.6) is 0 Å². The SMILES string of the molecule is Cc1cc(-c2ccc(NC(=O)c3ccco3)c(C)c2)ccc1NC(=O)c1ccco1. The number of carbonyl (C=O) groups excluding carboxylic acids is 2. The Morgan fingerprint density at radius 3 is 1.43 bits per heavy atom. The first-order chi connectivity index (χ1) is 14.5. The van der Waals surface area contributed by atoms with Crippen LogP contribution in [0.25, 0.3) is 11.1 Å². The van der Waals surface area contributed by atoms with Crippen molar-refractivity contribution >= 4 is 23.2 Å². The first-order valence-corrected chi connectivity index (χ1v) is 9.42. The second-order valence-electron chi connectivity index (χ2n) is 6.92. The van der Waals surface area contributed by atoms with Gasteiger partial charge < -0.3 is 19.5 Å². The number of nitrogens with one attached hydrogen (secondary N) is 2. The van der Waals surface area contributed by atoms with E-state index < -0.39 is 0 Å². The van der Waals surface area contributed by atoms with E-state index in [4.69, 9.17) is 8.83 Å². The lowest BCUT2D eigenvalue weighted by atomic mass is 10.00. The van der Waals surface area contributed by atoms with Crippen molar-refractivity contribution in [2.24, 2.45) is 0 Å². The zero-order chi connectivity index (χ0) is 21.1. The Labute approximate surface area is 173 Å². The van der Waals surface area contributed by atoms with E-state index in [1.54, 1.807) is 24.3 Å². The Bertz CT molecular complexity index is 1100. The number of carbonyl (C=O) groups is 2. The highest BCUT2D eigenvalue weighted by Crippen LogP contribution is 2.28. The van der Waals surface area contributed by atoms with Gasteiger partial charge in [-0.25, -0.2) is 0 Å². The quantitative estimate of drug-likeness (QED) is 0.453. The van der Waals surface area contributed by atoms with E-state index in [1.165, 1.54) is 12.5 Å². The molecule has 150 valence electrons. The number of hydrogen-bond acceptors (Lipinski definition) is 4. The lowest BCUT2D eigenvalue weighted by Crippen LogP contribution is -2.12. The molecule has 2 N–H and O–H groups in total. The highest BCUT2D eigenvalue weighted by atomic mass is 16.3. The monoisotopic (exact) mass is 400 g/mol. The molecule has 0 saturated carbocycles. The number of hydrogen-bond donors (Lipinski definition) is 2. The molecule has 0 aliphatic heterocycles. The predicted octanol–water partition coefficient (Wildman–Crippen LogP) is 5.66. The minimum Gasteiger partial charge on any atom is -0.459 e. The van der Waals surface area contributed by atoms with Gasteiger partial charge in [-0.1, -0.05) is 12.1 Å². The Kier molecular flexibility index (Phi) is 5.22. The van der Waals surface area contributed by atoms with Gasteiger partial charge in [0, 0.05) is 11.4 Å². The Morgan fingerprint density at radius 2 is 1.10 bits per heavy atom. The second-order valence-corrected chi connectivity index (χ2v) is 6.92. The molecule has 0 saturated heterocycles. The van der Waals surface area contributed by atoms with Gasteiger partial charge in [0.2, 0.25) is 0 Å². The summed E-state index contributed by atoms with van der Waals surface area (Å²) in [5, 5.41) is 5.72. The van der Waals surface area contributed by atoms with Crippen molar-refractivity contribution in [3.8, 4) is 11.1 Å². The fraction of sp³-hybridized carbons (Fsp3) is 0.0833. The smallest absolute Gasteiger partial charge is 0.291 e. The van der Waals surface area contributed by atoms with E-state index in [0.29, 0.717) is 0 Å². The fourth-order valence-corrected chi connectivity index (χ4v) is 3.15. The van der Waals surface area contributed by atoms with Gasteiger partial charge in [0.1, 0.15) is 0 Å². The van der Waals surface area contributed by atoms with Crippen LogP contribution in [0.15, 0.2) is 82.0 Å². The third-order valence-electron chi connectivity index (χ3n) is 4.77. The van der Waals surface area contributed by atoms with E-state index in [9.17, 15) is 9.59 Å². The van der Waals surface area contributed by atoms with Crippen LogP contribution >= 0.6 is 0 Å². The molecule has 0 unspecified atom stereocenters. The maximum atomic E-state index is 12.2. The van der Waals surface area contributed by atoms with Gasteiger partial charge in [0.15, 0.2) is 11.5 Å². The van der Waals surface area contributed by atoms with Crippen molar-refractivity contribution in [2.75, 3.05) is 10.6 Å². The molecule has 0 atom stereocenters. The molecule has 30 heavy (non-hydrogen) atoms. The third kappa shape index (κ3) is 4.03. The van der Waals surface area contributed by atoms with Crippen LogP contribution in [-0.4, -0.2) is 11.8 Å². The van der Waals surface area contributed by atoms with Crippen LogP contribution in [0.4, 0.5) is 11.4 Å². The average molecular weight is 400 g/mol. The van der Waals surface area contributed by atoms with Crippen molar-refractivity contribution in [3.05, 3.63) is 95.8 Å². The average Bonchev–Trinajstić information content (AvgIpc) is 3.45. The van der Waals surface area contributed by atoms with E-state index in [-0.39, 0.29) is 23.3 Å². The summed E-state index contributed by atoms with van der Waals surface area (Å²) in [6, 6.07) is 18.2. The number of rotatable bonds is 5. The Morgan fingerprint density at radius 1 is 0.667 bits per heavy atom. The van der Waals surface area contributed by atoms with Crippen molar-refractivity contribution in [2.45, 2.75) is 13.8 Å². The number of aryl methyl sites for hydroxylation is 2. The van der Waals surface area contributed by atoms with E-state index in [2.05, 4.69) is 10.6 Å². The molecule has 6 heteroatoms. The number of anilines is 2. The largest absolute Gasteiger partial charge is 0.459 e. The molecule has 2 heterocycles.